The van der Waals surface area contributed by atoms with Crippen LogP contribution in [0.4, 0.5) is 0 Å². The second kappa shape index (κ2) is 5.57. The fourth-order valence-electron chi connectivity index (χ4n) is 4.75. The Labute approximate surface area is 161 Å². The third-order valence-corrected chi connectivity index (χ3v) is 6.16. The summed E-state index contributed by atoms with van der Waals surface area (Å²) >= 11 is 0. The first-order chi connectivity index (χ1) is 13.0. The minimum Gasteiger partial charge on any atom is -0.0616 e. The Morgan fingerprint density at radius 2 is 1.33 bits per heavy atom. The first-order valence-electron chi connectivity index (χ1n) is 9.71. The summed E-state index contributed by atoms with van der Waals surface area (Å²) in [4.78, 5) is 0. The van der Waals surface area contributed by atoms with E-state index in [1.807, 2.05) is 0 Å². The van der Waals surface area contributed by atoms with E-state index >= 15 is 0 Å². The Morgan fingerprint density at radius 1 is 0.593 bits per heavy atom. The van der Waals surface area contributed by atoms with Crippen molar-refractivity contribution in [3.05, 3.63) is 95.1 Å². The SMILES string of the molecule is Cc1cccc(-c2cc3c(c4ccccc24)-c2ccc(C)cc2C3(C)C)c1. The van der Waals surface area contributed by atoms with Crippen LogP contribution in [0.2, 0.25) is 0 Å². The predicted molar refractivity (Wildman–Crippen MR) is 116 cm³/mol. The maximum absolute atomic E-state index is 2.45. The van der Waals surface area contributed by atoms with E-state index in [1.165, 1.54) is 55.3 Å². The van der Waals surface area contributed by atoms with E-state index in [1.54, 1.807) is 0 Å². The van der Waals surface area contributed by atoms with Crippen molar-refractivity contribution in [1.29, 1.82) is 0 Å². The summed E-state index contributed by atoms with van der Waals surface area (Å²) < 4.78 is 0. The van der Waals surface area contributed by atoms with Crippen LogP contribution in [0.3, 0.4) is 0 Å². The molecule has 1 aliphatic carbocycles. The average molecular weight is 348 g/mol. The van der Waals surface area contributed by atoms with E-state index in [9.17, 15) is 0 Å². The molecule has 0 atom stereocenters. The van der Waals surface area contributed by atoms with Gasteiger partial charge in [-0.1, -0.05) is 91.7 Å². The summed E-state index contributed by atoms with van der Waals surface area (Å²) in [5.74, 6) is 0. The summed E-state index contributed by atoms with van der Waals surface area (Å²) in [6.45, 7) is 9.09. The molecular formula is C27H24. The molecule has 5 rings (SSSR count). The fraction of sp³-hybridized carbons (Fsp3) is 0.185. The third-order valence-electron chi connectivity index (χ3n) is 6.16. The molecule has 1 aliphatic rings. The van der Waals surface area contributed by atoms with Crippen molar-refractivity contribution in [2.75, 3.05) is 0 Å². The number of rotatable bonds is 1. The van der Waals surface area contributed by atoms with Crippen molar-refractivity contribution in [2.45, 2.75) is 33.1 Å². The topological polar surface area (TPSA) is 0 Å². The van der Waals surface area contributed by atoms with Crippen molar-refractivity contribution in [1.82, 2.24) is 0 Å². The molecule has 0 amide bonds. The number of hydrogen-bond acceptors (Lipinski definition) is 0. The lowest BCUT2D eigenvalue weighted by Gasteiger charge is -2.23. The summed E-state index contributed by atoms with van der Waals surface area (Å²) in [5.41, 5.74) is 11.0. The lowest BCUT2D eigenvalue weighted by Crippen LogP contribution is -2.15. The highest BCUT2D eigenvalue weighted by molar-refractivity contribution is 6.09. The van der Waals surface area contributed by atoms with Gasteiger partial charge in [-0.2, -0.15) is 0 Å². The lowest BCUT2D eigenvalue weighted by atomic mass is 9.80. The van der Waals surface area contributed by atoms with Gasteiger partial charge in [-0.3, -0.25) is 0 Å². The van der Waals surface area contributed by atoms with Crippen molar-refractivity contribution in [3.63, 3.8) is 0 Å². The van der Waals surface area contributed by atoms with Crippen LogP contribution in [0, 0.1) is 13.8 Å². The standard InChI is InChI=1S/C27H24/c1-17-8-7-9-19(14-17)23-16-25-26(21-11-6-5-10-20(21)23)22-13-12-18(2)15-24(22)27(25,3)4/h5-16H,1-4H3. The second-order valence-corrected chi connectivity index (χ2v) is 8.44. The van der Waals surface area contributed by atoms with Gasteiger partial charge >= 0.3 is 0 Å². The van der Waals surface area contributed by atoms with Crippen LogP contribution in [-0.2, 0) is 5.41 Å². The number of hydrogen-bond donors (Lipinski definition) is 0. The minimum absolute atomic E-state index is 0.0132. The van der Waals surface area contributed by atoms with Crippen molar-refractivity contribution in [2.24, 2.45) is 0 Å². The zero-order valence-corrected chi connectivity index (χ0v) is 16.4. The van der Waals surface area contributed by atoms with E-state index in [0.29, 0.717) is 0 Å². The molecule has 0 saturated heterocycles. The molecule has 132 valence electrons. The number of aryl methyl sites for hydroxylation is 2. The Kier molecular flexibility index (Phi) is 3.37. The van der Waals surface area contributed by atoms with Gasteiger partial charge < -0.3 is 0 Å². The summed E-state index contributed by atoms with van der Waals surface area (Å²) in [5, 5.41) is 2.70. The van der Waals surface area contributed by atoms with Gasteiger partial charge in [0.2, 0.25) is 0 Å². The number of benzene rings is 4. The monoisotopic (exact) mass is 348 g/mol. The highest BCUT2D eigenvalue weighted by atomic mass is 14.4. The summed E-state index contributed by atoms with van der Waals surface area (Å²) in [6.07, 6.45) is 0. The zero-order chi connectivity index (χ0) is 18.8. The van der Waals surface area contributed by atoms with Gasteiger partial charge in [0.25, 0.3) is 0 Å². The van der Waals surface area contributed by atoms with Crippen LogP contribution in [0.15, 0.2) is 72.8 Å². The minimum atomic E-state index is 0.0132. The smallest absolute Gasteiger partial charge is 0.0159 e. The lowest BCUT2D eigenvalue weighted by molar-refractivity contribution is 0.660. The first-order valence-corrected chi connectivity index (χ1v) is 9.71. The fourth-order valence-corrected chi connectivity index (χ4v) is 4.75. The molecule has 0 bridgehead atoms. The van der Waals surface area contributed by atoms with Crippen LogP contribution in [-0.4, -0.2) is 0 Å². The molecular weight excluding hydrogens is 324 g/mol. The van der Waals surface area contributed by atoms with E-state index < -0.39 is 0 Å². The molecule has 0 aromatic heterocycles. The molecule has 0 nitrogen and oxygen atoms in total. The van der Waals surface area contributed by atoms with E-state index in [2.05, 4.69) is 100 Å². The van der Waals surface area contributed by atoms with E-state index in [0.717, 1.165) is 0 Å². The van der Waals surface area contributed by atoms with Crippen LogP contribution < -0.4 is 0 Å². The zero-order valence-electron chi connectivity index (χ0n) is 16.4. The van der Waals surface area contributed by atoms with Crippen LogP contribution in [0.1, 0.15) is 36.1 Å². The molecule has 0 unspecified atom stereocenters. The molecule has 0 radical (unpaired) electrons. The van der Waals surface area contributed by atoms with Gasteiger partial charge in [-0.15, -0.1) is 0 Å². The van der Waals surface area contributed by atoms with Crippen molar-refractivity contribution in [3.8, 4) is 22.3 Å². The van der Waals surface area contributed by atoms with Crippen molar-refractivity contribution >= 4 is 10.8 Å². The van der Waals surface area contributed by atoms with Gasteiger partial charge in [0.1, 0.15) is 0 Å². The largest absolute Gasteiger partial charge is 0.0616 e. The van der Waals surface area contributed by atoms with Crippen LogP contribution >= 0.6 is 0 Å². The van der Waals surface area contributed by atoms with Gasteiger partial charge in [-0.05, 0) is 64.1 Å². The third kappa shape index (κ3) is 2.29. The molecule has 0 aliphatic heterocycles. The van der Waals surface area contributed by atoms with Gasteiger partial charge in [0.15, 0.2) is 0 Å². The molecule has 0 heterocycles. The molecule has 27 heavy (non-hydrogen) atoms. The summed E-state index contributed by atoms with van der Waals surface area (Å²) in [7, 11) is 0. The normalized spacial score (nSPS) is 14.2. The average Bonchev–Trinajstić information content (AvgIpc) is 2.88. The highest BCUT2D eigenvalue weighted by Gasteiger charge is 2.37. The summed E-state index contributed by atoms with van der Waals surface area (Å²) in [6, 6.07) is 27.1. The van der Waals surface area contributed by atoms with Gasteiger partial charge in [0.05, 0.1) is 0 Å². The van der Waals surface area contributed by atoms with Crippen molar-refractivity contribution < 1.29 is 0 Å². The molecule has 0 saturated carbocycles. The maximum Gasteiger partial charge on any atom is 0.0159 e. The molecule has 0 fully saturated rings. The van der Waals surface area contributed by atoms with E-state index in [-0.39, 0.29) is 5.41 Å². The maximum atomic E-state index is 2.45. The number of fused-ring (bicyclic) bond motifs is 5. The Morgan fingerprint density at radius 3 is 2.11 bits per heavy atom. The van der Waals surface area contributed by atoms with Gasteiger partial charge in [0, 0.05) is 5.41 Å². The molecule has 0 N–H and O–H groups in total. The molecule has 4 aromatic rings. The Balaban J connectivity index is 1.92. The first kappa shape index (κ1) is 16.3. The molecule has 0 spiro atoms. The quantitative estimate of drug-likeness (QED) is 0.335. The Bertz CT molecular complexity index is 1210. The van der Waals surface area contributed by atoms with E-state index in [4.69, 9.17) is 0 Å². The Hall–Kier alpha value is -2.86. The highest BCUT2D eigenvalue weighted by Crippen LogP contribution is 2.53. The van der Waals surface area contributed by atoms with Crippen LogP contribution in [0.25, 0.3) is 33.0 Å². The molecule has 4 aromatic carbocycles. The second-order valence-electron chi connectivity index (χ2n) is 8.44. The predicted octanol–water partition coefficient (Wildman–Crippen LogP) is 7.43. The van der Waals surface area contributed by atoms with Crippen LogP contribution in [0.5, 0.6) is 0 Å². The molecule has 0 heteroatoms. The van der Waals surface area contributed by atoms with Gasteiger partial charge in [-0.25, -0.2) is 0 Å².